The number of benzene rings is 2. The Bertz CT molecular complexity index is 1290. The molecule has 2 saturated heterocycles. The molecule has 0 radical (unpaired) electrons. The lowest BCUT2D eigenvalue weighted by molar-refractivity contribution is -0.133. The monoisotopic (exact) mass is 556 g/mol. The number of rotatable bonds is 9. The van der Waals surface area contributed by atoms with Crippen LogP contribution in [0.15, 0.2) is 59.5 Å². The van der Waals surface area contributed by atoms with Gasteiger partial charge in [0.1, 0.15) is 5.54 Å². The highest BCUT2D eigenvalue weighted by Crippen LogP contribution is 2.31. The molecular formula is C28H36N4O6S. The standard InChI is InChI=1S/C28H36N4O6S/c1-20(2)38-27(35)29-24(22-7-5-4-6-8-22)13-16-31-17-14-28(15-18-31)25(33)32(26(34)30-28)19-21-9-11-23(12-10-21)39(3,36)37/h4-12,20,24H,13-19H2,1-3H3,(H,29,35)(H,30,34)/t24-/m0/s1. The third kappa shape index (κ3) is 6.96. The number of likely N-dealkylation sites (tertiary alicyclic amines) is 1. The second-order valence-corrected chi connectivity index (χ2v) is 12.5. The predicted octanol–water partition coefficient (Wildman–Crippen LogP) is 3.24. The highest BCUT2D eigenvalue weighted by atomic mass is 32.2. The van der Waals surface area contributed by atoms with Crippen LogP contribution in [0.3, 0.4) is 0 Å². The fraction of sp³-hybridized carbons (Fsp3) is 0.464. The summed E-state index contributed by atoms with van der Waals surface area (Å²) >= 11 is 0. The Morgan fingerprint density at radius 2 is 1.69 bits per heavy atom. The van der Waals surface area contributed by atoms with Crippen molar-refractivity contribution in [3.05, 3.63) is 65.7 Å². The molecule has 10 nitrogen and oxygen atoms in total. The summed E-state index contributed by atoms with van der Waals surface area (Å²) in [5.74, 6) is -0.250. The molecule has 0 aliphatic carbocycles. The van der Waals surface area contributed by atoms with Crippen molar-refractivity contribution in [3.63, 3.8) is 0 Å². The Labute approximate surface area is 229 Å². The van der Waals surface area contributed by atoms with Crippen molar-refractivity contribution in [2.24, 2.45) is 0 Å². The maximum atomic E-state index is 13.4. The average molecular weight is 557 g/mol. The van der Waals surface area contributed by atoms with Gasteiger partial charge in [-0.15, -0.1) is 0 Å². The Balaban J connectivity index is 1.34. The van der Waals surface area contributed by atoms with E-state index in [-0.39, 0.29) is 29.5 Å². The summed E-state index contributed by atoms with van der Waals surface area (Å²) in [5.41, 5.74) is 0.735. The zero-order valence-electron chi connectivity index (χ0n) is 22.6. The molecule has 2 aliphatic heterocycles. The van der Waals surface area contributed by atoms with Gasteiger partial charge < -0.3 is 20.3 Å². The summed E-state index contributed by atoms with van der Waals surface area (Å²) in [6.07, 6.45) is 2.10. The number of piperidine rings is 1. The average Bonchev–Trinajstić information content (AvgIpc) is 3.11. The van der Waals surface area contributed by atoms with Crippen molar-refractivity contribution in [1.82, 2.24) is 20.4 Å². The second kappa shape index (κ2) is 11.7. The third-order valence-corrected chi connectivity index (χ3v) is 8.35. The summed E-state index contributed by atoms with van der Waals surface area (Å²) in [7, 11) is -3.32. The molecule has 2 aromatic carbocycles. The molecule has 4 rings (SSSR count). The topological polar surface area (TPSA) is 125 Å². The first-order valence-corrected chi connectivity index (χ1v) is 15.0. The van der Waals surface area contributed by atoms with Gasteiger partial charge in [-0.3, -0.25) is 9.69 Å². The van der Waals surface area contributed by atoms with Crippen molar-refractivity contribution in [2.75, 3.05) is 25.9 Å². The second-order valence-electron chi connectivity index (χ2n) is 10.5. The Kier molecular flexibility index (Phi) is 8.60. The van der Waals surface area contributed by atoms with Gasteiger partial charge in [0.2, 0.25) is 0 Å². The van der Waals surface area contributed by atoms with E-state index in [0.29, 0.717) is 44.5 Å². The number of urea groups is 1. The molecule has 39 heavy (non-hydrogen) atoms. The molecule has 0 saturated carbocycles. The number of imide groups is 1. The summed E-state index contributed by atoms with van der Waals surface area (Å²) in [4.78, 5) is 42.0. The molecular weight excluding hydrogens is 520 g/mol. The van der Waals surface area contributed by atoms with Crippen LogP contribution in [0.25, 0.3) is 0 Å². The van der Waals surface area contributed by atoms with Gasteiger partial charge in [0, 0.05) is 25.9 Å². The van der Waals surface area contributed by atoms with Crippen LogP contribution < -0.4 is 10.6 Å². The number of carbonyl (C=O) groups excluding carboxylic acids is 3. The molecule has 4 amide bonds. The van der Waals surface area contributed by atoms with Gasteiger partial charge in [0.25, 0.3) is 5.91 Å². The molecule has 0 unspecified atom stereocenters. The van der Waals surface area contributed by atoms with Crippen LogP contribution in [-0.4, -0.2) is 73.8 Å². The van der Waals surface area contributed by atoms with Crippen molar-refractivity contribution in [1.29, 1.82) is 0 Å². The van der Waals surface area contributed by atoms with E-state index in [4.69, 9.17) is 4.74 Å². The highest BCUT2D eigenvalue weighted by molar-refractivity contribution is 7.90. The smallest absolute Gasteiger partial charge is 0.407 e. The van der Waals surface area contributed by atoms with E-state index in [0.717, 1.165) is 11.8 Å². The van der Waals surface area contributed by atoms with E-state index in [1.54, 1.807) is 26.0 Å². The molecule has 1 atom stereocenters. The number of amides is 4. The van der Waals surface area contributed by atoms with Gasteiger partial charge in [0.15, 0.2) is 9.84 Å². The third-order valence-electron chi connectivity index (χ3n) is 7.22. The van der Waals surface area contributed by atoms with Gasteiger partial charge in [-0.05, 0) is 56.4 Å². The quantitative estimate of drug-likeness (QED) is 0.454. The number of sulfone groups is 1. The van der Waals surface area contributed by atoms with Crippen molar-refractivity contribution in [3.8, 4) is 0 Å². The van der Waals surface area contributed by atoms with E-state index < -0.39 is 27.5 Å². The fourth-order valence-electron chi connectivity index (χ4n) is 5.05. The zero-order chi connectivity index (χ0) is 28.2. The molecule has 0 aromatic heterocycles. The predicted molar refractivity (Wildman–Crippen MR) is 146 cm³/mol. The Morgan fingerprint density at radius 1 is 1.05 bits per heavy atom. The molecule has 0 bridgehead atoms. The Morgan fingerprint density at radius 3 is 2.28 bits per heavy atom. The molecule has 2 heterocycles. The van der Waals surface area contributed by atoms with Gasteiger partial charge in [-0.2, -0.15) is 0 Å². The van der Waals surface area contributed by atoms with Crippen LogP contribution in [0.2, 0.25) is 0 Å². The van der Waals surface area contributed by atoms with Gasteiger partial charge >= 0.3 is 12.1 Å². The molecule has 1 spiro atoms. The van der Waals surface area contributed by atoms with E-state index >= 15 is 0 Å². The molecule has 2 fully saturated rings. The highest BCUT2D eigenvalue weighted by Gasteiger charge is 2.52. The maximum Gasteiger partial charge on any atom is 0.407 e. The first kappa shape index (κ1) is 28.6. The SMILES string of the molecule is CC(C)OC(=O)N[C@@H](CCN1CCC2(CC1)NC(=O)N(Cc1ccc(S(C)(=O)=O)cc1)C2=O)c1ccccc1. The lowest BCUT2D eigenvalue weighted by Crippen LogP contribution is -2.55. The number of carbonyl (C=O) groups is 3. The van der Waals surface area contributed by atoms with Crippen LogP contribution >= 0.6 is 0 Å². The van der Waals surface area contributed by atoms with Crippen molar-refractivity contribution >= 4 is 27.9 Å². The minimum Gasteiger partial charge on any atom is -0.447 e. The normalized spacial score (nSPS) is 18.3. The number of alkyl carbamates (subject to hydrolysis) is 1. The first-order valence-electron chi connectivity index (χ1n) is 13.1. The van der Waals surface area contributed by atoms with E-state index in [2.05, 4.69) is 15.5 Å². The van der Waals surface area contributed by atoms with Crippen LogP contribution in [0, 0.1) is 0 Å². The number of hydrogen-bond acceptors (Lipinski definition) is 7. The maximum absolute atomic E-state index is 13.4. The van der Waals surface area contributed by atoms with E-state index in [1.165, 1.54) is 17.0 Å². The summed E-state index contributed by atoms with van der Waals surface area (Å²) in [5, 5.41) is 5.89. The molecule has 210 valence electrons. The molecule has 2 aromatic rings. The summed E-state index contributed by atoms with van der Waals surface area (Å²) in [6.45, 7) is 5.65. The number of nitrogens with one attached hydrogen (secondary N) is 2. The van der Waals surface area contributed by atoms with Gasteiger partial charge in [-0.25, -0.2) is 18.0 Å². The molecule has 11 heteroatoms. The van der Waals surface area contributed by atoms with Gasteiger partial charge in [0.05, 0.1) is 23.6 Å². The minimum absolute atomic E-state index is 0.0804. The van der Waals surface area contributed by atoms with Crippen LogP contribution in [0.1, 0.15) is 50.3 Å². The lowest BCUT2D eigenvalue weighted by atomic mass is 9.87. The molecule has 2 aliphatic rings. The van der Waals surface area contributed by atoms with Crippen LogP contribution in [0.4, 0.5) is 9.59 Å². The van der Waals surface area contributed by atoms with E-state index in [9.17, 15) is 22.8 Å². The minimum atomic E-state index is -3.32. The van der Waals surface area contributed by atoms with Crippen molar-refractivity contribution in [2.45, 2.75) is 62.2 Å². The fourth-order valence-corrected chi connectivity index (χ4v) is 5.68. The lowest BCUT2D eigenvalue weighted by Gasteiger charge is -2.37. The summed E-state index contributed by atoms with van der Waals surface area (Å²) < 4.78 is 28.7. The number of nitrogens with zero attached hydrogens (tertiary/aromatic N) is 2. The number of hydrogen-bond donors (Lipinski definition) is 2. The van der Waals surface area contributed by atoms with Crippen molar-refractivity contribution < 1.29 is 27.5 Å². The molecule has 2 N–H and O–H groups in total. The summed E-state index contributed by atoms with van der Waals surface area (Å²) in [6, 6.07) is 15.3. The van der Waals surface area contributed by atoms with Gasteiger partial charge in [-0.1, -0.05) is 42.5 Å². The van der Waals surface area contributed by atoms with E-state index in [1.807, 2.05) is 30.3 Å². The number of ether oxygens (including phenoxy) is 1. The first-order chi connectivity index (χ1) is 18.5. The Hall–Kier alpha value is -3.44. The van der Waals surface area contributed by atoms with Crippen LogP contribution in [0.5, 0.6) is 0 Å². The largest absolute Gasteiger partial charge is 0.447 e. The van der Waals surface area contributed by atoms with Crippen LogP contribution in [-0.2, 0) is 25.9 Å². The zero-order valence-corrected chi connectivity index (χ0v) is 23.4.